The fourth-order valence-electron chi connectivity index (χ4n) is 2.81. The van der Waals surface area contributed by atoms with Crippen molar-refractivity contribution < 1.29 is 9.21 Å². The van der Waals surface area contributed by atoms with Gasteiger partial charge in [-0.1, -0.05) is 23.7 Å². The van der Waals surface area contributed by atoms with Gasteiger partial charge in [0.15, 0.2) is 11.2 Å². The minimum absolute atomic E-state index is 0.0840. The summed E-state index contributed by atoms with van der Waals surface area (Å²) in [7, 11) is 0. The summed E-state index contributed by atoms with van der Waals surface area (Å²) in [4.78, 5) is 20.9. The standard InChI is InChI=1S/C21H16ClN3O2/c1-13-11-15(21-25-20-18(27-21)3-2-10-23-20)6-9-17(13)24-19(26)12-14-4-7-16(22)8-5-14/h2-11H,12H2,1H3,(H,24,26). The van der Waals surface area contributed by atoms with E-state index in [9.17, 15) is 4.79 Å². The second-order valence-electron chi connectivity index (χ2n) is 6.23. The van der Waals surface area contributed by atoms with Crippen molar-refractivity contribution in [2.45, 2.75) is 13.3 Å². The van der Waals surface area contributed by atoms with Crippen LogP contribution in [0.25, 0.3) is 22.7 Å². The first-order valence-corrected chi connectivity index (χ1v) is 8.83. The first kappa shape index (κ1) is 17.2. The van der Waals surface area contributed by atoms with Crippen LogP contribution in [0, 0.1) is 6.92 Å². The number of nitrogens with one attached hydrogen (secondary N) is 1. The maximum atomic E-state index is 12.3. The molecule has 0 saturated heterocycles. The van der Waals surface area contributed by atoms with Crippen molar-refractivity contribution in [2.24, 2.45) is 0 Å². The molecule has 0 radical (unpaired) electrons. The van der Waals surface area contributed by atoms with Crippen molar-refractivity contribution in [3.8, 4) is 11.5 Å². The van der Waals surface area contributed by atoms with E-state index >= 15 is 0 Å². The van der Waals surface area contributed by atoms with Crippen LogP contribution in [0.1, 0.15) is 11.1 Å². The van der Waals surface area contributed by atoms with Gasteiger partial charge >= 0.3 is 0 Å². The molecule has 0 aliphatic rings. The second-order valence-corrected chi connectivity index (χ2v) is 6.66. The zero-order chi connectivity index (χ0) is 18.8. The number of anilines is 1. The molecule has 4 aromatic rings. The third-order valence-electron chi connectivity index (χ3n) is 4.19. The highest BCUT2D eigenvalue weighted by Crippen LogP contribution is 2.27. The number of carbonyl (C=O) groups excluding carboxylic acids is 1. The zero-order valence-electron chi connectivity index (χ0n) is 14.6. The first-order valence-electron chi connectivity index (χ1n) is 8.45. The van der Waals surface area contributed by atoms with Gasteiger partial charge in [0.1, 0.15) is 0 Å². The van der Waals surface area contributed by atoms with E-state index < -0.39 is 0 Å². The summed E-state index contributed by atoms with van der Waals surface area (Å²) in [5.41, 5.74) is 4.64. The molecule has 0 atom stereocenters. The molecule has 27 heavy (non-hydrogen) atoms. The Kier molecular flexibility index (Phi) is 4.60. The highest BCUT2D eigenvalue weighted by molar-refractivity contribution is 6.30. The molecule has 4 rings (SSSR count). The number of carbonyl (C=O) groups is 1. The lowest BCUT2D eigenvalue weighted by Crippen LogP contribution is -2.15. The highest BCUT2D eigenvalue weighted by Gasteiger charge is 2.11. The topological polar surface area (TPSA) is 68.0 Å². The van der Waals surface area contributed by atoms with Crippen LogP contribution in [0.3, 0.4) is 0 Å². The van der Waals surface area contributed by atoms with Crippen LogP contribution < -0.4 is 5.32 Å². The van der Waals surface area contributed by atoms with E-state index in [2.05, 4.69) is 15.3 Å². The van der Waals surface area contributed by atoms with Crippen molar-refractivity contribution in [1.29, 1.82) is 0 Å². The number of aromatic nitrogens is 2. The third kappa shape index (κ3) is 3.83. The number of hydrogen-bond acceptors (Lipinski definition) is 4. The van der Waals surface area contributed by atoms with Crippen molar-refractivity contribution in [3.05, 3.63) is 76.9 Å². The van der Waals surface area contributed by atoms with Gasteiger partial charge in [-0.2, -0.15) is 4.98 Å². The number of aryl methyl sites for hydroxylation is 1. The molecule has 0 fully saturated rings. The second kappa shape index (κ2) is 7.21. The number of rotatable bonds is 4. The van der Waals surface area contributed by atoms with E-state index in [0.29, 0.717) is 22.1 Å². The van der Waals surface area contributed by atoms with Crippen molar-refractivity contribution in [3.63, 3.8) is 0 Å². The van der Waals surface area contributed by atoms with Crippen LogP contribution in [-0.4, -0.2) is 15.9 Å². The van der Waals surface area contributed by atoms with Gasteiger partial charge in [0.2, 0.25) is 11.8 Å². The van der Waals surface area contributed by atoms with Crippen LogP contribution >= 0.6 is 11.6 Å². The molecular formula is C21H16ClN3O2. The molecule has 0 spiro atoms. The molecule has 134 valence electrons. The van der Waals surface area contributed by atoms with E-state index in [-0.39, 0.29) is 12.3 Å². The Hall–Kier alpha value is -3.18. The quantitative estimate of drug-likeness (QED) is 0.541. The summed E-state index contributed by atoms with van der Waals surface area (Å²) >= 11 is 5.87. The summed E-state index contributed by atoms with van der Waals surface area (Å²) in [5, 5.41) is 3.60. The van der Waals surface area contributed by atoms with Crippen LogP contribution in [-0.2, 0) is 11.2 Å². The Morgan fingerprint density at radius 1 is 1.15 bits per heavy atom. The Labute approximate surface area is 161 Å². The third-order valence-corrected chi connectivity index (χ3v) is 4.44. The smallest absolute Gasteiger partial charge is 0.228 e. The monoisotopic (exact) mass is 377 g/mol. The Balaban J connectivity index is 1.51. The van der Waals surface area contributed by atoms with Gasteiger partial charge in [-0.15, -0.1) is 0 Å². The predicted molar refractivity (Wildman–Crippen MR) is 106 cm³/mol. The lowest BCUT2D eigenvalue weighted by molar-refractivity contribution is -0.115. The van der Waals surface area contributed by atoms with Crippen molar-refractivity contribution in [2.75, 3.05) is 5.32 Å². The van der Waals surface area contributed by atoms with Gasteiger partial charge < -0.3 is 9.73 Å². The van der Waals surface area contributed by atoms with Crippen LogP contribution in [0.5, 0.6) is 0 Å². The van der Waals surface area contributed by atoms with E-state index in [1.165, 1.54) is 0 Å². The maximum Gasteiger partial charge on any atom is 0.228 e. The number of halogens is 1. The predicted octanol–water partition coefficient (Wildman–Crippen LogP) is 5.03. The van der Waals surface area contributed by atoms with Crippen LogP contribution in [0.2, 0.25) is 5.02 Å². The molecule has 2 aromatic carbocycles. The normalized spacial score (nSPS) is 10.9. The largest absolute Gasteiger partial charge is 0.434 e. The lowest BCUT2D eigenvalue weighted by atomic mass is 10.1. The number of benzene rings is 2. The molecule has 2 aromatic heterocycles. The number of nitrogens with zero attached hydrogens (tertiary/aromatic N) is 2. The fraction of sp³-hybridized carbons (Fsp3) is 0.0952. The summed E-state index contributed by atoms with van der Waals surface area (Å²) in [5.74, 6) is 0.421. The van der Waals surface area contributed by atoms with Gasteiger partial charge in [-0.3, -0.25) is 4.79 Å². The molecular weight excluding hydrogens is 362 g/mol. The fourth-order valence-corrected chi connectivity index (χ4v) is 2.94. The molecule has 0 saturated carbocycles. The molecule has 0 bridgehead atoms. The average Bonchev–Trinajstić information content (AvgIpc) is 3.09. The number of oxazole rings is 1. The summed E-state index contributed by atoms with van der Waals surface area (Å²) in [6.45, 7) is 1.93. The Morgan fingerprint density at radius 3 is 2.70 bits per heavy atom. The molecule has 1 amide bonds. The molecule has 0 unspecified atom stereocenters. The van der Waals surface area contributed by atoms with E-state index in [1.54, 1.807) is 18.3 Å². The minimum atomic E-state index is -0.0840. The van der Waals surface area contributed by atoms with E-state index in [4.69, 9.17) is 16.0 Å². The maximum absolute atomic E-state index is 12.3. The number of amides is 1. The van der Waals surface area contributed by atoms with E-state index in [0.717, 1.165) is 22.4 Å². The summed E-state index contributed by atoms with van der Waals surface area (Å²) < 4.78 is 5.75. The van der Waals surface area contributed by atoms with Crippen molar-refractivity contribution in [1.82, 2.24) is 9.97 Å². The SMILES string of the molecule is Cc1cc(-c2nc3ncccc3o2)ccc1NC(=O)Cc1ccc(Cl)cc1. The highest BCUT2D eigenvalue weighted by atomic mass is 35.5. The van der Waals surface area contributed by atoms with Gasteiger partial charge in [-0.05, 0) is 60.5 Å². The molecule has 0 aliphatic heterocycles. The van der Waals surface area contributed by atoms with Gasteiger partial charge in [0.05, 0.1) is 6.42 Å². The van der Waals surface area contributed by atoms with Gasteiger partial charge in [-0.25, -0.2) is 4.98 Å². The summed E-state index contributed by atoms with van der Waals surface area (Å²) in [6, 6.07) is 16.5. The van der Waals surface area contributed by atoms with Gasteiger partial charge in [0.25, 0.3) is 0 Å². The van der Waals surface area contributed by atoms with Gasteiger partial charge in [0, 0.05) is 22.5 Å². The molecule has 0 aliphatic carbocycles. The number of fused-ring (bicyclic) bond motifs is 1. The van der Waals surface area contributed by atoms with Crippen LogP contribution in [0.15, 0.2) is 65.2 Å². The molecule has 1 N–H and O–H groups in total. The van der Waals surface area contributed by atoms with Crippen molar-refractivity contribution >= 4 is 34.4 Å². The number of hydrogen-bond donors (Lipinski definition) is 1. The Bertz CT molecular complexity index is 1090. The molecule has 2 heterocycles. The minimum Gasteiger partial charge on any atom is -0.434 e. The van der Waals surface area contributed by atoms with E-state index in [1.807, 2.05) is 49.4 Å². The summed E-state index contributed by atoms with van der Waals surface area (Å²) in [6.07, 6.45) is 1.97. The van der Waals surface area contributed by atoms with Crippen LogP contribution in [0.4, 0.5) is 5.69 Å². The lowest BCUT2D eigenvalue weighted by Gasteiger charge is -2.09. The first-order chi connectivity index (χ1) is 13.1. The Morgan fingerprint density at radius 2 is 1.96 bits per heavy atom. The average molecular weight is 378 g/mol. The number of pyridine rings is 1. The molecule has 5 nitrogen and oxygen atoms in total. The zero-order valence-corrected chi connectivity index (χ0v) is 15.3. The molecule has 6 heteroatoms.